The lowest BCUT2D eigenvalue weighted by atomic mass is 9.73. The van der Waals surface area contributed by atoms with Crippen LogP contribution < -0.4 is 10.2 Å². The first-order chi connectivity index (χ1) is 17.4. The van der Waals surface area contributed by atoms with Gasteiger partial charge in [0, 0.05) is 40.6 Å². The number of aryl methyl sites for hydroxylation is 1. The molecule has 36 heavy (non-hydrogen) atoms. The topological polar surface area (TPSA) is 80.1 Å². The van der Waals surface area contributed by atoms with Crippen LogP contribution in [0.4, 0.5) is 10.5 Å². The van der Waals surface area contributed by atoms with Crippen molar-refractivity contribution in [2.45, 2.75) is 38.1 Å². The first-order valence-electron chi connectivity index (χ1n) is 12.2. The number of nitrogens with zero attached hydrogens (tertiary/aromatic N) is 4. The van der Waals surface area contributed by atoms with Crippen LogP contribution in [0.1, 0.15) is 36.6 Å². The maximum absolute atomic E-state index is 13.7. The van der Waals surface area contributed by atoms with Crippen LogP contribution in [0.5, 0.6) is 0 Å². The zero-order valence-corrected chi connectivity index (χ0v) is 20.9. The van der Waals surface area contributed by atoms with E-state index in [1.807, 2.05) is 56.6 Å². The van der Waals surface area contributed by atoms with Crippen LogP contribution in [0.3, 0.4) is 0 Å². The molecule has 3 heterocycles. The summed E-state index contributed by atoms with van der Waals surface area (Å²) in [5.41, 5.74) is 3.63. The fourth-order valence-corrected chi connectivity index (χ4v) is 6.14. The van der Waals surface area contributed by atoms with E-state index in [0.29, 0.717) is 23.6 Å². The van der Waals surface area contributed by atoms with Gasteiger partial charge in [0.25, 0.3) is 0 Å². The minimum Gasteiger partial charge on any atom is -0.334 e. The zero-order valence-electron chi connectivity index (χ0n) is 20.1. The van der Waals surface area contributed by atoms with Gasteiger partial charge in [-0.3, -0.25) is 9.78 Å². The Morgan fingerprint density at radius 3 is 2.67 bits per heavy atom. The van der Waals surface area contributed by atoms with Gasteiger partial charge >= 0.3 is 6.03 Å². The lowest BCUT2D eigenvalue weighted by molar-refractivity contribution is -0.124. The number of carbonyl (C=O) groups excluding carboxylic acids is 2. The van der Waals surface area contributed by atoms with Crippen molar-refractivity contribution >= 4 is 40.0 Å². The van der Waals surface area contributed by atoms with Crippen LogP contribution in [0, 0.1) is 12.8 Å². The van der Waals surface area contributed by atoms with Gasteiger partial charge in [-0.25, -0.2) is 14.7 Å². The van der Waals surface area contributed by atoms with E-state index < -0.39 is 6.03 Å². The molecule has 2 aliphatic rings. The van der Waals surface area contributed by atoms with Crippen molar-refractivity contribution in [3.63, 3.8) is 0 Å². The van der Waals surface area contributed by atoms with Gasteiger partial charge in [0.2, 0.25) is 5.91 Å². The highest BCUT2D eigenvalue weighted by atomic mass is 35.5. The van der Waals surface area contributed by atoms with Crippen molar-refractivity contribution in [2.75, 3.05) is 4.90 Å². The highest BCUT2D eigenvalue weighted by molar-refractivity contribution is 6.31. The molecule has 7 nitrogen and oxygen atoms in total. The molecule has 1 N–H and O–H groups in total. The molecular formula is C28H26ClN5O2. The Hall–Kier alpha value is -3.71. The summed E-state index contributed by atoms with van der Waals surface area (Å²) in [4.78, 5) is 36.9. The van der Waals surface area contributed by atoms with Crippen LogP contribution >= 0.6 is 11.6 Å². The summed E-state index contributed by atoms with van der Waals surface area (Å²) in [7, 11) is 2.00. The van der Waals surface area contributed by atoms with Crippen LogP contribution in [-0.2, 0) is 11.8 Å². The van der Waals surface area contributed by atoms with E-state index in [1.54, 1.807) is 12.4 Å². The number of urea groups is 1. The number of halogens is 1. The summed E-state index contributed by atoms with van der Waals surface area (Å²) in [6.45, 7) is 1.97. The second-order valence-electron chi connectivity index (χ2n) is 9.68. The normalized spacial score (nSPS) is 22.0. The number of imide groups is 1. The molecule has 3 atom stereocenters. The quantitative estimate of drug-likeness (QED) is 0.397. The first kappa shape index (κ1) is 22.7. The third kappa shape index (κ3) is 3.57. The van der Waals surface area contributed by atoms with E-state index in [1.165, 1.54) is 4.90 Å². The molecule has 1 aliphatic carbocycles. The molecule has 1 saturated carbocycles. The molecule has 3 unspecified atom stereocenters. The Labute approximate surface area is 214 Å². The molecule has 4 aromatic rings. The van der Waals surface area contributed by atoms with Gasteiger partial charge in [-0.2, -0.15) is 0 Å². The first-order valence-corrected chi connectivity index (χ1v) is 12.6. The van der Waals surface area contributed by atoms with Gasteiger partial charge in [-0.05, 0) is 43.7 Å². The Morgan fingerprint density at radius 1 is 1.03 bits per heavy atom. The Balaban J connectivity index is 1.31. The number of pyridine rings is 1. The summed E-state index contributed by atoms with van der Waals surface area (Å²) in [5.74, 6) is 0.585. The number of anilines is 1. The van der Waals surface area contributed by atoms with Gasteiger partial charge in [-0.1, -0.05) is 48.0 Å². The van der Waals surface area contributed by atoms with E-state index >= 15 is 0 Å². The molecule has 3 amide bonds. The fraction of sp³-hybridized carbons (Fsp3) is 0.286. The number of aromatic nitrogens is 3. The minimum absolute atomic E-state index is 0.115. The number of hydrogen-bond donors (Lipinski definition) is 1. The standard InChI is InChI=1S/C28H26ClN5O2/c1-16-31-15-24(33(16)2)21-8-5-9-22(29)26(21)17-10-11-20-23(12-17)32-28(36)34(27(20)35)25-14-30-13-18-6-3-4-7-19(18)25/h3-9,13-15,17,20,23H,10-12H2,1-2H3,(H,32,36). The molecule has 8 heteroatoms. The number of rotatable bonds is 3. The molecular weight excluding hydrogens is 474 g/mol. The number of benzene rings is 2. The SMILES string of the molecule is Cc1ncc(-c2cccc(Cl)c2C2CCC3C(=O)N(c4cncc5ccccc45)C(=O)NC3C2)n1C. The van der Waals surface area contributed by atoms with Crippen LogP contribution in [-0.4, -0.2) is 32.5 Å². The Morgan fingerprint density at radius 2 is 1.86 bits per heavy atom. The second-order valence-corrected chi connectivity index (χ2v) is 10.1. The Bertz CT molecular complexity index is 1510. The largest absolute Gasteiger partial charge is 0.334 e. The van der Waals surface area contributed by atoms with E-state index in [0.717, 1.165) is 39.8 Å². The van der Waals surface area contributed by atoms with E-state index in [2.05, 4.69) is 25.9 Å². The Kier molecular flexibility index (Phi) is 5.52. The minimum atomic E-state index is -0.401. The highest BCUT2D eigenvalue weighted by Crippen LogP contribution is 2.45. The van der Waals surface area contributed by atoms with E-state index in [4.69, 9.17) is 11.6 Å². The van der Waals surface area contributed by atoms with Crippen LogP contribution in [0.25, 0.3) is 22.0 Å². The van der Waals surface area contributed by atoms with E-state index in [9.17, 15) is 9.59 Å². The lowest BCUT2D eigenvalue weighted by Crippen LogP contribution is -2.61. The molecule has 1 saturated heterocycles. The average Bonchev–Trinajstić information content (AvgIpc) is 3.21. The van der Waals surface area contributed by atoms with Crippen molar-refractivity contribution in [3.05, 3.63) is 77.5 Å². The summed E-state index contributed by atoms with van der Waals surface area (Å²) < 4.78 is 2.06. The van der Waals surface area contributed by atoms with Crippen molar-refractivity contribution in [1.29, 1.82) is 0 Å². The number of imidazole rings is 1. The van der Waals surface area contributed by atoms with Crippen molar-refractivity contribution in [2.24, 2.45) is 13.0 Å². The van der Waals surface area contributed by atoms with Gasteiger partial charge < -0.3 is 9.88 Å². The third-order valence-corrected chi connectivity index (χ3v) is 8.08. The highest BCUT2D eigenvalue weighted by Gasteiger charge is 2.46. The lowest BCUT2D eigenvalue weighted by Gasteiger charge is -2.43. The summed E-state index contributed by atoms with van der Waals surface area (Å²) in [6, 6.07) is 12.9. The monoisotopic (exact) mass is 499 g/mol. The molecule has 2 fully saturated rings. The molecule has 1 aliphatic heterocycles. The molecule has 6 rings (SSSR count). The third-order valence-electron chi connectivity index (χ3n) is 7.75. The fourth-order valence-electron chi connectivity index (χ4n) is 5.81. The van der Waals surface area contributed by atoms with Gasteiger partial charge in [-0.15, -0.1) is 0 Å². The van der Waals surface area contributed by atoms with Gasteiger partial charge in [0.15, 0.2) is 0 Å². The number of nitrogens with one attached hydrogen (secondary N) is 1. The summed E-state index contributed by atoms with van der Waals surface area (Å²) >= 11 is 6.76. The number of fused-ring (bicyclic) bond motifs is 2. The van der Waals surface area contributed by atoms with Crippen molar-refractivity contribution in [3.8, 4) is 11.3 Å². The van der Waals surface area contributed by atoms with Crippen molar-refractivity contribution in [1.82, 2.24) is 19.9 Å². The van der Waals surface area contributed by atoms with Gasteiger partial charge in [0.05, 0.1) is 29.7 Å². The van der Waals surface area contributed by atoms with Crippen molar-refractivity contribution < 1.29 is 9.59 Å². The van der Waals surface area contributed by atoms with Gasteiger partial charge in [0.1, 0.15) is 5.82 Å². The molecule has 182 valence electrons. The number of amides is 3. The molecule has 0 radical (unpaired) electrons. The molecule has 0 spiro atoms. The maximum atomic E-state index is 13.7. The average molecular weight is 500 g/mol. The van der Waals surface area contributed by atoms with E-state index in [-0.39, 0.29) is 23.8 Å². The van der Waals surface area contributed by atoms with Crippen LogP contribution in [0.15, 0.2) is 61.1 Å². The number of hydrogen-bond acceptors (Lipinski definition) is 4. The van der Waals surface area contributed by atoms with Crippen LogP contribution in [0.2, 0.25) is 5.02 Å². The molecule has 2 aromatic carbocycles. The zero-order chi connectivity index (χ0) is 25.0. The second kappa shape index (κ2) is 8.75. The summed E-state index contributed by atoms with van der Waals surface area (Å²) in [5, 5.41) is 5.55. The number of carbonyl (C=O) groups is 2. The molecule has 0 bridgehead atoms. The predicted octanol–water partition coefficient (Wildman–Crippen LogP) is 5.61. The summed E-state index contributed by atoms with van der Waals surface area (Å²) in [6.07, 6.45) is 7.33. The molecule has 2 aromatic heterocycles. The predicted molar refractivity (Wildman–Crippen MR) is 140 cm³/mol. The smallest absolute Gasteiger partial charge is 0.329 e. The maximum Gasteiger partial charge on any atom is 0.329 e.